The van der Waals surface area contributed by atoms with Crippen LogP contribution in [0.1, 0.15) is 16.7 Å². The monoisotopic (exact) mass is 306 g/mol. The lowest BCUT2D eigenvalue weighted by atomic mass is 10.1. The van der Waals surface area contributed by atoms with Crippen LogP contribution in [0.2, 0.25) is 0 Å². The molecule has 2 N–H and O–H groups in total. The predicted octanol–water partition coefficient (Wildman–Crippen LogP) is 3.23. The van der Waals surface area contributed by atoms with E-state index in [2.05, 4.69) is 0 Å². The highest BCUT2D eigenvalue weighted by molar-refractivity contribution is 7.80. The summed E-state index contributed by atoms with van der Waals surface area (Å²) in [6.07, 6.45) is 0. The maximum Gasteiger partial charge on any atom is 0.123 e. The zero-order valence-corrected chi connectivity index (χ0v) is 12.5. The Balaban J connectivity index is 2.12. The van der Waals surface area contributed by atoms with Gasteiger partial charge in [0.25, 0.3) is 0 Å². The van der Waals surface area contributed by atoms with Crippen LogP contribution in [0.25, 0.3) is 0 Å². The molecule has 0 spiro atoms. The summed E-state index contributed by atoms with van der Waals surface area (Å²) in [5, 5.41) is 0. The summed E-state index contributed by atoms with van der Waals surface area (Å²) in [7, 11) is 1.90. The third-order valence-electron chi connectivity index (χ3n) is 3.12. The second-order valence-electron chi connectivity index (χ2n) is 4.97. The molecule has 2 aromatic carbocycles. The molecular formula is C16H16F2N2S. The third-order valence-corrected chi connectivity index (χ3v) is 3.34. The molecule has 0 amide bonds. The van der Waals surface area contributed by atoms with E-state index in [-0.39, 0.29) is 16.6 Å². The Morgan fingerprint density at radius 2 is 1.81 bits per heavy atom. The minimum absolute atomic E-state index is 0.170. The molecule has 0 bridgehead atoms. The smallest absolute Gasteiger partial charge is 0.123 e. The number of halogens is 2. The van der Waals surface area contributed by atoms with Crippen LogP contribution < -0.4 is 5.73 Å². The van der Waals surface area contributed by atoms with Crippen molar-refractivity contribution in [2.75, 3.05) is 7.05 Å². The average molecular weight is 306 g/mol. The Morgan fingerprint density at radius 1 is 1.10 bits per heavy atom. The van der Waals surface area contributed by atoms with E-state index >= 15 is 0 Å². The van der Waals surface area contributed by atoms with Crippen molar-refractivity contribution in [3.63, 3.8) is 0 Å². The van der Waals surface area contributed by atoms with Crippen LogP contribution in [0.15, 0.2) is 42.5 Å². The van der Waals surface area contributed by atoms with Gasteiger partial charge in [0.2, 0.25) is 0 Å². The van der Waals surface area contributed by atoms with E-state index in [4.69, 9.17) is 18.0 Å². The molecule has 0 heterocycles. The highest BCUT2D eigenvalue weighted by atomic mass is 32.1. The zero-order valence-electron chi connectivity index (χ0n) is 11.6. The second kappa shape index (κ2) is 6.74. The average Bonchev–Trinajstić information content (AvgIpc) is 2.40. The quantitative estimate of drug-likeness (QED) is 0.860. The van der Waals surface area contributed by atoms with E-state index < -0.39 is 0 Å². The van der Waals surface area contributed by atoms with Gasteiger partial charge in [-0.1, -0.05) is 30.4 Å². The number of thiocarbonyl (C=S) groups is 1. The second-order valence-corrected chi connectivity index (χ2v) is 5.41. The molecule has 0 unspecified atom stereocenters. The first-order chi connectivity index (χ1) is 9.95. The van der Waals surface area contributed by atoms with Gasteiger partial charge < -0.3 is 5.73 Å². The SMILES string of the molecule is CN(Cc1cccc(F)c1)Cc1ccc(F)cc1C(N)=S. The molecule has 0 aliphatic rings. The van der Waals surface area contributed by atoms with Gasteiger partial charge in [-0.2, -0.15) is 0 Å². The van der Waals surface area contributed by atoms with E-state index in [0.717, 1.165) is 11.1 Å². The number of hydrogen-bond donors (Lipinski definition) is 1. The number of benzene rings is 2. The van der Waals surface area contributed by atoms with Gasteiger partial charge in [0, 0.05) is 18.7 Å². The molecule has 0 aliphatic carbocycles. The third kappa shape index (κ3) is 4.31. The molecule has 0 saturated carbocycles. The molecule has 5 heteroatoms. The van der Waals surface area contributed by atoms with Gasteiger partial charge in [-0.25, -0.2) is 8.78 Å². The van der Waals surface area contributed by atoms with Crippen LogP contribution in [0, 0.1) is 11.6 Å². The topological polar surface area (TPSA) is 29.3 Å². The van der Waals surface area contributed by atoms with Crippen molar-refractivity contribution >= 4 is 17.2 Å². The molecule has 0 fully saturated rings. The lowest BCUT2D eigenvalue weighted by Gasteiger charge is -2.19. The van der Waals surface area contributed by atoms with Crippen LogP contribution in [-0.4, -0.2) is 16.9 Å². The zero-order chi connectivity index (χ0) is 15.4. The number of nitrogens with two attached hydrogens (primary N) is 1. The summed E-state index contributed by atoms with van der Waals surface area (Å²) in [6.45, 7) is 1.12. The largest absolute Gasteiger partial charge is 0.389 e. The fourth-order valence-electron chi connectivity index (χ4n) is 2.21. The number of rotatable bonds is 5. The van der Waals surface area contributed by atoms with Gasteiger partial charge in [0.15, 0.2) is 0 Å². The summed E-state index contributed by atoms with van der Waals surface area (Å²) >= 11 is 4.95. The van der Waals surface area contributed by atoms with Crippen molar-refractivity contribution < 1.29 is 8.78 Å². The number of hydrogen-bond acceptors (Lipinski definition) is 2. The maximum atomic E-state index is 13.3. The predicted molar refractivity (Wildman–Crippen MR) is 83.9 cm³/mol. The molecule has 0 aromatic heterocycles. The minimum Gasteiger partial charge on any atom is -0.389 e. The van der Waals surface area contributed by atoms with Gasteiger partial charge in [-0.15, -0.1) is 0 Å². The molecule has 2 aromatic rings. The van der Waals surface area contributed by atoms with Crippen molar-refractivity contribution in [3.8, 4) is 0 Å². The van der Waals surface area contributed by atoms with Crippen LogP contribution in [0.3, 0.4) is 0 Å². The van der Waals surface area contributed by atoms with Crippen LogP contribution in [0.4, 0.5) is 8.78 Å². The molecule has 0 radical (unpaired) electrons. The Hall–Kier alpha value is -1.85. The highest BCUT2D eigenvalue weighted by Gasteiger charge is 2.10. The Labute approximate surface area is 128 Å². The first kappa shape index (κ1) is 15.5. The molecule has 0 aliphatic heterocycles. The first-order valence-electron chi connectivity index (χ1n) is 6.47. The fourth-order valence-corrected chi connectivity index (χ4v) is 2.40. The molecule has 0 saturated heterocycles. The fraction of sp³-hybridized carbons (Fsp3) is 0.188. The Morgan fingerprint density at radius 3 is 2.48 bits per heavy atom. The van der Waals surface area contributed by atoms with Gasteiger partial charge in [0.05, 0.1) is 0 Å². The van der Waals surface area contributed by atoms with Gasteiger partial charge in [-0.05, 0) is 42.4 Å². The van der Waals surface area contributed by atoms with Crippen molar-refractivity contribution in [1.29, 1.82) is 0 Å². The van der Waals surface area contributed by atoms with Gasteiger partial charge in [-0.3, -0.25) is 4.90 Å². The van der Waals surface area contributed by atoms with Crippen LogP contribution in [0.5, 0.6) is 0 Å². The van der Waals surface area contributed by atoms with Gasteiger partial charge >= 0.3 is 0 Å². The summed E-state index contributed by atoms with van der Waals surface area (Å²) in [5.74, 6) is -0.624. The lowest BCUT2D eigenvalue weighted by Crippen LogP contribution is -2.21. The summed E-state index contributed by atoms with van der Waals surface area (Å²) in [5.41, 5.74) is 7.89. The highest BCUT2D eigenvalue weighted by Crippen LogP contribution is 2.15. The number of nitrogens with zero attached hydrogens (tertiary/aromatic N) is 1. The summed E-state index contributed by atoms with van der Waals surface area (Å²) < 4.78 is 26.4. The van der Waals surface area contributed by atoms with Crippen LogP contribution >= 0.6 is 12.2 Å². The molecule has 21 heavy (non-hydrogen) atoms. The first-order valence-corrected chi connectivity index (χ1v) is 6.88. The van der Waals surface area contributed by atoms with Crippen molar-refractivity contribution in [2.24, 2.45) is 5.73 Å². The molecule has 2 rings (SSSR count). The van der Waals surface area contributed by atoms with Gasteiger partial charge in [0.1, 0.15) is 16.6 Å². The maximum absolute atomic E-state index is 13.3. The Bertz CT molecular complexity index is 658. The minimum atomic E-state index is -0.366. The van der Waals surface area contributed by atoms with Crippen molar-refractivity contribution in [3.05, 3.63) is 70.8 Å². The van der Waals surface area contributed by atoms with E-state index in [9.17, 15) is 8.78 Å². The Kier molecular flexibility index (Phi) is 4.98. The molecule has 2 nitrogen and oxygen atoms in total. The molecular weight excluding hydrogens is 290 g/mol. The van der Waals surface area contributed by atoms with E-state index in [1.165, 1.54) is 24.3 Å². The molecule has 0 atom stereocenters. The van der Waals surface area contributed by atoms with Crippen molar-refractivity contribution in [1.82, 2.24) is 4.90 Å². The van der Waals surface area contributed by atoms with E-state index in [0.29, 0.717) is 18.7 Å². The summed E-state index contributed by atoms with van der Waals surface area (Å²) in [4.78, 5) is 2.16. The standard InChI is InChI=1S/C16H16F2N2S/c1-20(9-11-3-2-4-13(17)7-11)10-12-5-6-14(18)8-15(12)16(19)21/h2-8H,9-10H2,1H3,(H2,19,21). The van der Waals surface area contributed by atoms with Crippen LogP contribution in [-0.2, 0) is 13.1 Å². The lowest BCUT2D eigenvalue weighted by molar-refractivity contribution is 0.318. The van der Waals surface area contributed by atoms with E-state index in [1.807, 2.05) is 18.0 Å². The van der Waals surface area contributed by atoms with E-state index in [1.54, 1.807) is 12.1 Å². The normalized spacial score (nSPS) is 10.9. The van der Waals surface area contributed by atoms with Crippen molar-refractivity contribution in [2.45, 2.75) is 13.1 Å². The molecule has 110 valence electrons. The summed E-state index contributed by atoms with van der Waals surface area (Å²) in [6, 6.07) is 10.8.